The zero-order valence-corrected chi connectivity index (χ0v) is 18.0. The van der Waals surface area contributed by atoms with E-state index in [0.717, 1.165) is 51.4 Å². The van der Waals surface area contributed by atoms with Crippen molar-refractivity contribution in [3.63, 3.8) is 0 Å². The average molecular weight is 421 g/mol. The Bertz CT molecular complexity index is 569. The molecule has 2 saturated heterocycles. The minimum atomic E-state index is -0.521. The zero-order chi connectivity index (χ0) is 20.6. The van der Waals surface area contributed by atoms with Gasteiger partial charge in [0.25, 0.3) is 0 Å². The maximum absolute atomic E-state index is 6.70. The summed E-state index contributed by atoms with van der Waals surface area (Å²) in [5.74, 6) is -1.04. The topological polar surface area (TPSA) is 55.4 Å². The van der Waals surface area contributed by atoms with E-state index in [2.05, 4.69) is 13.2 Å². The van der Waals surface area contributed by atoms with Crippen LogP contribution in [0, 0.1) is 0 Å². The van der Waals surface area contributed by atoms with Crippen molar-refractivity contribution in [2.24, 2.45) is 0 Å². The maximum atomic E-state index is 6.70. The van der Waals surface area contributed by atoms with Crippen LogP contribution in [-0.4, -0.2) is 61.4 Å². The SMILES string of the molecule is C=CCO[C@@H]1[C@@H](OCC=C)[C@H]2OC3(CCCCC3)O[C@H]2[C@@H]2OC3(CCCCC3)O[C@H]12. The van der Waals surface area contributed by atoms with E-state index in [9.17, 15) is 0 Å². The highest BCUT2D eigenvalue weighted by Crippen LogP contribution is 2.52. The van der Waals surface area contributed by atoms with Gasteiger partial charge in [-0.2, -0.15) is 0 Å². The molecule has 2 heterocycles. The second kappa shape index (κ2) is 8.64. The summed E-state index contributed by atoms with van der Waals surface area (Å²) in [5.41, 5.74) is 0. The summed E-state index contributed by atoms with van der Waals surface area (Å²) in [7, 11) is 0. The molecule has 5 fully saturated rings. The van der Waals surface area contributed by atoms with Crippen LogP contribution in [0.25, 0.3) is 0 Å². The molecule has 0 aromatic carbocycles. The lowest BCUT2D eigenvalue weighted by molar-refractivity contribution is -0.229. The van der Waals surface area contributed by atoms with Crippen molar-refractivity contribution in [1.82, 2.24) is 0 Å². The zero-order valence-electron chi connectivity index (χ0n) is 18.0. The summed E-state index contributed by atoms with van der Waals surface area (Å²) < 4.78 is 39.3. The third-order valence-corrected chi connectivity index (χ3v) is 7.39. The Balaban J connectivity index is 1.46. The van der Waals surface area contributed by atoms with Gasteiger partial charge < -0.3 is 28.4 Å². The Morgan fingerprint density at radius 3 is 1.33 bits per heavy atom. The monoisotopic (exact) mass is 420 g/mol. The van der Waals surface area contributed by atoms with Crippen molar-refractivity contribution in [2.75, 3.05) is 13.2 Å². The van der Waals surface area contributed by atoms with Gasteiger partial charge in [-0.1, -0.05) is 25.0 Å². The number of fused-ring (bicyclic) bond motifs is 3. The molecule has 0 N–H and O–H groups in total. The summed E-state index contributed by atoms with van der Waals surface area (Å²) in [6, 6.07) is 0. The Morgan fingerprint density at radius 2 is 0.967 bits per heavy atom. The van der Waals surface area contributed by atoms with Crippen LogP contribution in [0.4, 0.5) is 0 Å². The second-order valence-electron chi connectivity index (χ2n) is 9.45. The Morgan fingerprint density at radius 1 is 0.600 bits per heavy atom. The molecule has 6 heteroatoms. The molecule has 3 saturated carbocycles. The minimum absolute atomic E-state index is 0.201. The summed E-state index contributed by atoms with van der Waals surface area (Å²) in [6.07, 6.45) is 12.8. The largest absolute Gasteiger partial charge is 0.369 e. The van der Waals surface area contributed by atoms with Crippen LogP contribution in [0.5, 0.6) is 0 Å². The molecule has 6 nitrogen and oxygen atoms in total. The van der Waals surface area contributed by atoms with Crippen LogP contribution in [0.3, 0.4) is 0 Å². The highest BCUT2D eigenvalue weighted by Gasteiger charge is 2.66. The van der Waals surface area contributed by atoms with Gasteiger partial charge in [0, 0.05) is 25.7 Å². The van der Waals surface area contributed by atoms with E-state index in [0.29, 0.717) is 13.2 Å². The predicted molar refractivity (Wildman–Crippen MR) is 111 cm³/mol. The third kappa shape index (κ3) is 3.70. The van der Waals surface area contributed by atoms with Gasteiger partial charge in [0.15, 0.2) is 11.6 Å². The molecule has 5 aliphatic rings. The van der Waals surface area contributed by atoms with E-state index in [1.54, 1.807) is 12.2 Å². The van der Waals surface area contributed by atoms with Gasteiger partial charge in [-0.3, -0.25) is 0 Å². The molecule has 0 aromatic heterocycles. The predicted octanol–water partition coefficient (Wildman–Crippen LogP) is 4.03. The summed E-state index contributed by atoms with van der Waals surface area (Å²) >= 11 is 0. The van der Waals surface area contributed by atoms with Crippen molar-refractivity contribution in [1.29, 1.82) is 0 Å². The molecule has 0 aromatic rings. The normalized spacial score (nSPS) is 41.5. The molecule has 5 rings (SSSR count). The molecule has 3 aliphatic carbocycles. The van der Waals surface area contributed by atoms with E-state index in [1.165, 1.54) is 12.8 Å². The molecule has 6 atom stereocenters. The maximum Gasteiger partial charge on any atom is 0.169 e. The number of hydrogen-bond donors (Lipinski definition) is 0. The van der Waals surface area contributed by atoms with Gasteiger partial charge in [-0.05, 0) is 25.7 Å². The van der Waals surface area contributed by atoms with Crippen LogP contribution < -0.4 is 0 Å². The lowest BCUT2D eigenvalue weighted by Crippen LogP contribution is -2.63. The van der Waals surface area contributed by atoms with Crippen LogP contribution in [0.2, 0.25) is 0 Å². The van der Waals surface area contributed by atoms with Gasteiger partial charge in [0.1, 0.15) is 36.6 Å². The highest BCUT2D eigenvalue weighted by atomic mass is 16.8. The van der Waals surface area contributed by atoms with Crippen molar-refractivity contribution in [3.8, 4) is 0 Å². The molecule has 2 aliphatic heterocycles. The first-order valence-electron chi connectivity index (χ1n) is 11.9. The Hall–Kier alpha value is -0.760. The molecule has 0 unspecified atom stereocenters. The fourth-order valence-corrected chi connectivity index (χ4v) is 6.10. The fourth-order valence-electron chi connectivity index (χ4n) is 6.10. The van der Waals surface area contributed by atoms with Gasteiger partial charge in [0.05, 0.1) is 13.2 Å². The lowest BCUT2D eigenvalue weighted by Gasteiger charge is -2.42. The molecule has 168 valence electrons. The second-order valence-corrected chi connectivity index (χ2v) is 9.45. The summed E-state index contributed by atoms with van der Waals surface area (Å²) in [6.45, 7) is 8.52. The first-order valence-corrected chi connectivity index (χ1v) is 11.9. The van der Waals surface area contributed by atoms with Crippen molar-refractivity contribution in [2.45, 2.75) is 112 Å². The Kier molecular flexibility index (Phi) is 6.08. The van der Waals surface area contributed by atoms with Gasteiger partial charge in [-0.15, -0.1) is 13.2 Å². The number of hydrogen-bond acceptors (Lipinski definition) is 6. The lowest BCUT2D eigenvalue weighted by atomic mass is 9.84. The van der Waals surface area contributed by atoms with Crippen LogP contribution in [-0.2, 0) is 28.4 Å². The van der Waals surface area contributed by atoms with E-state index in [1.807, 2.05) is 0 Å². The number of ether oxygens (including phenoxy) is 6. The molecular formula is C24H36O6. The standard InChI is InChI=1S/C24H36O6/c1-3-15-25-17-18(26-16-4-2)20-22(30-24(28-20)13-9-6-10-14-24)21-19(17)27-23(29-21)11-7-5-8-12-23/h3-4,17-22H,1-2,5-16H2/t17-,18-,19-,20-,21-,22-/m1/s1. The average Bonchev–Trinajstić information content (AvgIpc) is 3.30. The highest BCUT2D eigenvalue weighted by molar-refractivity contribution is 5.11. The molecule has 30 heavy (non-hydrogen) atoms. The molecule has 0 bridgehead atoms. The quantitative estimate of drug-likeness (QED) is 0.605. The van der Waals surface area contributed by atoms with E-state index >= 15 is 0 Å². The summed E-state index contributed by atoms with van der Waals surface area (Å²) in [4.78, 5) is 0. The van der Waals surface area contributed by atoms with Gasteiger partial charge in [0.2, 0.25) is 0 Å². The van der Waals surface area contributed by atoms with Crippen molar-refractivity contribution >= 4 is 0 Å². The molecule has 0 radical (unpaired) electrons. The number of rotatable bonds is 6. The van der Waals surface area contributed by atoms with Crippen LogP contribution in [0.15, 0.2) is 25.3 Å². The van der Waals surface area contributed by atoms with Gasteiger partial charge >= 0.3 is 0 Å². The minimum Gasteiger partial charge on any atom is -0.369 e. The first kappa shape index (κ1) is 21.1. The van der Waals surface area contributed by atoms with E-state index in [-0.39, 0.29) is 36.6 Å². The smallest absolute Gasteiger partial charge is 0.169 e. The molecule has 0 amide bonds. The van der Waals surface area contributed by atoms with E-state index < -0.39 is 11.6 Å². The van der Waals surface area contributed by atoms with Crippen LogP contribution >= 0.6 is 0 Å². The van der Waals surface area contributed by atoms with Crippen LogP contribution in [0.1, 0.15) is 64.2 Å². The Labute approximate surface area is 179 Å². The molecule has 2 spiro atoms. The third-order valence-electron chi connectivity index (χ3n) is 7.39. The fraction of sp³-hybridized carbons (Fsp3) is 0.833. The van der Waals surface area contributed by atoms with Crippen molar-refractivity contribution < 1.29 is 28.4 Å². The molecular weight excluding hydrogens is 384 g/mol. The first-order chi connectivity index (χ1) is 14.7. The van der Waals surface area contributed by atoms with Crippen molar-refractivity contribution in [3.05, 3.63) is 25.3 Å². The van der Waals surface area contributed by atoms with E-state index in [4.69, 9.17) is 28.4 Å². The van der Waals surface area contributed by atoms with Gasteiger partial charge in [-0.25, -0.2) is 0 Å². The summed E-state index contributed by atoms with van der Waals surface area (Å²) in [5, 5.41) is 0.